The van der Waals surface area contributed by atoms with Crippen LogP contribution in [0, 0.1) is 5.92 Å². The number of nitrogens with one attached hydrogen (secondary N) is 1. The minimum absolute atomic E-state index is 0.382. The first-order chi connectivity index (χ1) is 5.79. The van der Waals surface area contributed by atoms with Gasteiger partial charge in [-0.05, 0) is 18.8 Å². The molecule has 1 amide bonds. The average Bonchev–Trinajstić information content (AvgIpc) is 2.11. The maximum Gasteiger partial charge on any atom is 0.207 e. The lowest BCUT2D eigenvalue weighted by Crippen LogP contribution is -2.34. The Morgan fingerprint density at radius 3 is 2.25 bits per heavy atom. The lowest BCUT2D eigenvalue weighted by atomic mass is 9.91. The molecule has 0 radical (unpaired) electrons. The van der Waals surface area contributed by atoms with Gasteiger partial charge in [-0.1, -0.05) is 33.6 Å². The Labute approximate surface area is 75.7 Å². The normalized spacial score (nSPS) is 15.2. The van der Waals surface area contributed by atoms with Crippen molar-refractivity contribution in [3.8, 4) is 0 Å². The highest BCUT2D eigenvalue weighted by Crippen LogP contribution is 2.17. The maximum absolute atomic E-state index is 10.3. The van der Waals surface area contributed by atoms with Crippen molar-refractivity contribution in [1.29, 1.82) is 0 Å². The lowest BCUT2D eigenvalue weighted by Gasteiger charge is -2.23. The van der Waals surface area contributed by atoms with Crippen molar-refractivity contribution in [2.24, 2.45) is 5.92 Å². The van der Waals surface area contributed by atoms with Gasteiger partial charge >= 0.3 is 0 Å². The van der Waals surface area contributed by atoms with Crippen LogP contribution in [0.2, 0.25) is 0 Å². The molecule has 0 aromatic heterocycles. The molecule has 0 aromatic rings. The van der Waals surface area contributed by atoms with Crippen molar-refractivity contribution in [3.05, 3.63) is 0 Å². The Balaban J connectivity index is 3.92. The summed E-state index contributed by atoms with van der Waals surface area (Å²) in [6.45, 7) is 6.51. The summed E-state index contributed by atoms with van der Waals surface area (Å²) in [4.78, 5) is 10.3. The van der Waals surface area contributed by atoms with Crippen LogP contribution < -0.4 is 5.32 Å². The molecule has 0 fully saturated rings. The molecule has 2 unspecified atom stereocenters. The summed E-state index contributed by atoms with van der Waals surface area (Å²) >= 11 is 0. The predicted molar refractivity (Wildman–Crippen MR) is 52.0 cm³/mol. The van der Waals surface area contributed by atoms with Gasteiger partial charge in [0.25, 0.3) is 0 Å². The van der Waals surface area contributed by atoms with Crippen molar-refractivity contribution in [3.63, 3.8) is 0 Å². The van der Waals surface area contributed by atoms with Crippen LogP contribution in [0.3, 0.4) is 0 Å². The van der Waals surface area contributed by atoms with Gasteiger partial charge in [-0.2, -0.15) is 0 Å². The van der Waals surface area contributed by atoms with Gasteiger partial charge in [-0.25, -0.2) is 0 Å². The van der Waals surface area contributed by atoms with Gasteiger partial charge < -0.3 is 5.32 Å². The van der Waals surface area contributed by atoms with E-state index in [1.54, 1.807) is 0 Å². The van der Waals surface area contributed by atoms with E-state index in [1.807, 2.05) is 0 Å². The molecule has 2 atom stereocenters. The van der Waals surface area contributed by atoms with Gasteiger partial charge in [0.15, 0.2) is 0 Å². The molecule has 2 nitrogen and oxygen atoms in total. The van der Waals surface area contributed by atoms with E-state index in [-0.39, 0.29) is 0 Å². The number of carbonyl (C=O) groups excluding carboxylic acids is 1. The Kier molecular flexibility index (Phi) is 6.82. The third-order valence-corrected chi connectivity index (χ3v) is 2.47. The smallest absolute Gasteiger partial charge is 0.207 e. The molecule has 0 heterocycles. The van der Waals surface area contributed by atoms with Crippen LogP contribution in [0.4, 0.5) is 0 Å². The summed E-state index contributed by atoms with van der Waals surface area (Å²) < 4.78 is 0. The number of carbonyl (C=O) groups is 1. The van der Waals surface area contributed by atoms with Gasteiger partial charge in [0.2, 0.25) is 6.41 Å². The molecule has 0 aromatic carbocycles. The summed E-state index contributed by atoms with van der Waals surface area (Å²) in [5.41, 5.74) is 0. The molecule has 0 spiro atoms. The zero-order valence-electron chi connectivity index (χ0n) is 8.47. The SMILES string of the molecule is CCCC(CC)C(CC)NC=O. The van der Waals surface area contributed by atoms with E-state index in [9.17, 15) is 4.79 Å². The highest BCUT2D eigenvalue weighted by molar-refractivity contribution is 5.46. The number of amides is 1. The van der Waals surface area contributed by atoms with E-state index in [0.29, 0.717) is 12.0 Å². The average molecular weight is 171 g/mol. The maximum atomic E-state index is 10.3. The van der Waals surface area contributed by atoms with Crippen LogP contribution >= 0.6 is 0 Å². The Morgan fingerprint density at radius 1 is 1.25 bits per heavy atom. The second-order valence-electron chi connectivity index (χ2n) is 3.26. The van der Waals surface area contributed by atoms with E-state index >= 15 is 0 Å². The van der Waals surface area contributed by atoms with Crippen LogP contribution in [0.1, 0.15) is 46.5 Å². The highest BCUT2D eigenvalue weighted by Gasteiger charge is 2.15. The molecule has 0 aliphatic carbocycles. The fraction of sp³-hybridized carbons (Fsp3) is 0.900. The molecule has 2 heteroatoms. The largest absolute Gasteiger partial charge is 0.356 e. The molecule has 0 bridgehead atoms. The molecular weight excluding hydrogens is 150 g/mol. The number of hydrogen-bond acceptors (Lipinski definition) is 1. The van der Waals surface area contributed by atoms with Gasteiger partial charge in [0.1, 0.15) is 0 Å². The predicted octanol–water partition coefficient (Wildman–Crippen LogP) is 2.34. The van der Waals surface area contributed by atoms with E-state index in [4.69, 9.17) is 0 Å². The zero-order valence-corrected chi connectivity index (χ0v) is 8.47. The Morgan fingerprint density at radius 2 is 1.92 bits per heavy atom. The fourth-order valence-corrected chi connectivity index (χ4v) is 1.74. The third-order valence-electron chi connectivity index (χ3n) is 2.47. The Hall–Kier alpha value is -0.530. The number of hydrogen-bond donors (Lipinski definition) is 1. The van der Waals surface area contributed by atoms with Gasteiger partial charge in [0.05, 0.1) is 0 Å². The lowest BCUT2D eigenvalue weighted by molar-refractivity contribution is -0.110. The molecule has 72 valence electrons. The topological polar surface area (TPSA) is 29.1 Å². The quantitative estimate of drug-likeness (QED) is 0.585. The zero-order chi connectivity index (χ0) is 9.40. The monoisotopic (exact) mass is 171 g/mol. The highest BCUT2D eigenvalue weighted by atomic mass is 16.1. The second-order valence-corrected chi connectivity index (χ2v) is 3.26. The molecule has 0 rings (SSSR count). The first-order valence-electron chi connectivity index (χ1n) is 4.99. The van der Waals surface area contributed by atoms with Gasteiger partial charge in [-0.3, -0.25) is 4.79 Å². The van der Waals surface area contributed by atoms with E-state index in [0.717, 1.165) is 19.3 Å². The molecule has 0 saturated carbocycles. The molecule has 1 N–H and O–H groups in total. The van der Waals surface area contributed by atoms with Gasteiger partial charge in [0, 0.05) is 6.04 Å². The minimum atomic E-state index is 0.382. The van der Waals surface area contributed by atoms with Crippen molar-refractivity contribution < 1.29 is 4.79 Å². The summed E-state index contributed by atoms with van der Waals surface area (Å²) in [7, 11) is 0. The van der Waals surface area contributed by atoms with Crippen molar-refractivity contribution in [2.75, 3.05) is 0 Å². The summed E-state index contributed by atoms with van der Waals surface area (Å²) in [6.07, 6.45) is 5.45. The van der Waals surface area contributed by atoms with Crippen LogP contribution in [-0.2, 0) is 4.79 Å². The van der Waals surface area contributed by atoms with E-state index in [1.165, 1.54) is 12.8 Å². The van der Waals surface area contributed by atoms with Crippen molar-refractivity contribution in [2.45, 2.75) is 52.5 Å². The molecule has 0 aliphatic rings. The van der Waals surface area contributed by atoms with Crippen LogP contribution in [0.25, 0.3) is 0 Å². The fourth-order valence-electron chi connectivity index (χ4n) is 1.74. The van der Waals surface area contributed by atoms with Crippen molar-refractivity contribution in [1.82, 2.24) is 5.32 Å². The standard InChI is InChI=1S/C10H21NO/c1-4-7-9(5-2)10(6-3)11-8-12/h8-10H,4-7H2,1-3H3,(H,11,12). The first kappa shape index (κ1) is 11.5. The van der Waals surface area contributed by atoms with Crippen LogP contribution in [0.15, 0.2) is 0 Å². The molecule has 12 heavy (non-hydrogen) atoms. The Bertz CT molecular complexity index is 114. The first-order valence-corrected chi connectivity index (χ1v) is 4.99. The molecule has 0 saturated heterocycles. The number of rotatable bonds is 7. The van der Waals surface area contributed by atoms with Crippen LogP contribution in [0.5, 0.6) is 0 Å². The summed E-state index contributed by atoms with van der Waals surface area (Å²) in [6, 6.07) is 0.382. The minimum Gasteiger partial charge on any atom is -0.356 e. The van der Waals surface area contributed by atoms with Crippen LogP contribution in [-0.4, -0.2) is 12.5 Å². The van der Waals surface area contributed by atoms with E-state index in [2.05, 4.69) is 26.1 Å². The summed E-state index contributed by atoms with van der Waals surface area (Å²) in [5, 5.41) is 2.89. The van der Waals surface area contributed by atoms with Crippen molar-refractivity contribution >= 4 is 6.41 Å². The van der Waals surface area contributed by atoms with E-state index < -0.39 is 0 Å². The summed E-state index contributed by atoms with van der Waals surface area (Å²) in [5.74, 6) is 0.658. The molecular formula is C10H21NO. The molecule has 0 aliphatic heterocycles. The van der Waals surface area contributed by atoms with Gasteiger partial charge in [-0.15, -0.1) is 0 Å². The second kappa shape index (κ2) is 7.14. The third kappa shape index (κ3) is 3.74.